The molecule has 2 aliphatic carbocycles. The zero-order chi connectivity index (χ0) is 15.4. The van der Waals surface area contributed by atoms with Gasteiger partial charge >= 0.3 is 0 Å². The first-order valence-corrected chi connectivity index (χ1v) is 8.68. The molecule has 2 spiro atoms. The van der Waals surface area contributed by atoms with Gasteiger partial charge in [0.2, 0.25) is 0 Å². The molecule has 2 N–H and O–H groups in total. The van der Waals surface area contributed by atoms with E-state index in [4.69, 9.17) is 20.2 Å². The molecule has 1 aliphatic heterocycles. The highest BCUT2D eigenvalue weighted by Crippen LogP contribution is 2.61. The van der Waals surface area contributed by atoms with Gasteiger partial charge in [0.25, 0.3) is 6.02 Å². The molecular weight excluding hydrogens is 344 g/mol. The summed E-state index contributed by atoms with van der Waals surface area (Å²) in [4.78, 5) is 4.84. The van der Waals surface area contributed by atoms with E-state index >= 15 is 0 Å². The van der Waals surface area contributed by atoms with Crippen LogP contribution in [0.25, 0.3) is 0 Å². The monoisotopic (exact) mass is 364 g/mol. The summed E-state index contributed by atoms with van der Waals surface area (Å²) in [6.45, 7) is 0.569. The van der Waals surface area contributed by atoms with E-state index in [1.54, 1.807) is 0 Å². The summed E-state index contributed by atoms with van der Waals surface area (Å²) in [5, 5.41) is 0. The molecule has 22 heavy (non-hydrogen) atoms. The molecule has 0 amide bonds. The zero-order valence-electron chi connectivity index (χ0n) is 12.8. The maximum absolute atomic E-state index is 5.92. The largest absolute Gasteiger partial charge is 0.462 e. The standard InChI is InChI=1S/C17H21BrN2O2/c1-21-13-4-6-16(7-5-13)9-11-2-3-12(18)8-14(11)17(16)10-22-15(19)20-17/h2-3,8,13H,4-7,9-10H2,1H3,(H2,19,20)/t13-,16-,17-/m1/s1. The van der Waals surface area contributed by atoms with Gasteiger partial charge in [-0.15, -0.1) is 0 Å². The molecular formula is C17H21BrN2O2. The van der Waals surface area contributed by atoms with E-state index in [0.29, 0.717) is 18.7 Å². The smallest absolute Gasteiger partial charge is 0.283 e. The van der Waals surface area contributed by atoms with Crippen molar-refractivity contribution in [3.05, 3.63) is 33.8 Å². The van der Waals surface area contributed by atoms with E-state index in [-0.39, 0.29) is 11.0 Å². The molecule has 0 radical (unpaired) electrons. The highest BCUT2D eigenvalue weighted by atomic mass is 79.9. The fourth-order valence-corrected chi connectivity index (χ4v) is 5.06. The molecule has 4 rings (SSSR count). The van der Waals surface area contributed by atoms with E-state index in [1.165, 1.54) is 11.1 Å². The van der Waals surface area contributed by atoms with Gasteiger partial charge in [0.05, 0.1) is 6.10 Å². The number of fused-ring (bicyclic) bond motifs is 3. The van der Waals surface area contributed by atoms with Gasteiger partial charge in [0.15, 0.2) is 0 Å². The van der Waals surface area contributed by atoms with E-state index in [9.17, 15) is 0 Å². The third kappa shape index (κ3) is 1.88. The summed E-state index contributed by atoms with van der Waals surface area (Å²) in [6, 6.07) is 6.89. The molecule has 4 nitrogen and oxygen atoms in total. The average Bonchev–Trinajstić information content (AvgIpc) is 3.03. The minimum atomic E-state index is -0.311. The van der Waals surface area contributed by atoms with Crippen LogP contribution in [0.4, 0.5) is 0 Å². The lowest BCUT2D eigenvalue weighted by Gasteiger charge is -2.45. The summed E-state index contributed by atoms with van der Waals surface area (Å²) >= 11 is 3.60. The second-order valence-electron chi connectivity index (χ2n) is 6.79. The molecule has 3 aliphatic rings. The van der Waals surface area contributed by atoms with E-state index in [2.05, 4.69) is 34.1 Å². The van der Waals surface area contributed by atoms with Crippen LogP contribution in [0.3, 0.4) is 0 Å². The molecule has 1 heterocycles. The lowest BCUT2D eigenvalue weighted by molar-refractivity contribution is -0.00984. The van der Waals surface area contributed by atoms with Crippen molar-refractivity contribution in [2.45, 2.75) is 43.7 Å². The first kappa shape index (κ1) is 14.5. The Morgan fingerprint density at radius 1 is 1.36 bits per heavy atom. The van der Waals surface area contributed by atoms with Crippen molar-refractivity contribution in [1.82, 2.24) is 0 Å². The number of benzene rings is 1. The summed E-state index contributed by atoms with van der Waals surface area (Å²) in [5.74, 6) is 0. The predicted molar refractivity (Wildman–Crippen MR) is 88.8 cm³/mol. The van der Waals surface area contributed by atoms with Crippen molar-refractivity contribution < 1.29 is 9.47 Å². The number of hydrogen-bond donors (Lipinski definition) is 1. The number of methoxy groups -OCH3 is 1. The van der Waals surface area contributed by atoms with Gasteiger partial charge in [-0.25, -0.2) is 4.99 Å². The molecule has 1 aromatic carbocycles. The van der Waals surface area contributed by atoms with Crippen molar-refractivity contribution in [2.75, 3.05) is 13.7 Å². The molecule has 1 atom stereocenters. The maximum Gasteiger partial charge on any atom is 0.283 e. The highest BCUT2D eigenvalue weighted by molar-refractivity contribution is 9.10. The first-order valence-electron chi connectivity index (χ1n) is 7.88. The number of halogens is 1. The predicted octanol–water partition coefficient (Wildman–Crippen LogP) is 3.12. The third-order valence-corrected chi connectivity index (χ3v) is 6.37. The van der Waals surface area contributed by atoms with Crippen LogP contribution in [-0.2, 0) is 21.4 Å². The van der Waals surface area contributed by atoms with Gasteiger partial charge in [0, 0.05) is 17.0 Å². The lowest BCUT2D eigenvalue weighted by Crippen LogP contribution is -2.46. The Bertz CT molecular complexity index is 638. The summed E-state index contributed by atoms with van der Waals surface area (Å²) in [5.41, 5.74) is 8.41. The quantitative estimate of drug-likeness (QED) is 0.832. The van der Waals surface area contributed by atoms with Crippen LogP contribution in [0.1, 0.15) is 36.8 Å². The average molecular weight is 365 g/mol. The van der Waals surface area contributed by atoms with Crippen LogP contribution >= 0.6 is 15.9 Å². The number of nitrogens with zero attached hydrogens (tertiary/aromatic N) is 1. The Kier molecular flexibility index (Phi) is 3.28. The number of aliphatic imine (C=N–C) groups is 1. The molecule has 0 unspecified atom stereocenters. The maximum atomic E-state index is 5.92. The molecule has 118 valence electrons. The third-order valence-electron chi connectivity index (χ3n) is 5.88. The second kappa shape index (κ2) is 4.96. The Morgan fingerprint density at radius 3 is 2.77 bits per heavy atom. The SMILES string of the molecule is CO[C@H]1CC[C@]2(CC1)Cc1ccc(Br)cc1[C@]21COC(N)=N1. The Balaban J connectivity index is 1.81. The number of ether oxygens (including phenoxy) is 2. The molecule has 1 saturated carbocycles. The molecule has 0 bridgehead atoms. The molecule has 5 heteroatoms. The minimum Gasteiger partial charge on any atom is -0.462 e. The van der Waals surface area contributed by atoms with Gasteiger partial charge in [-0.3, -0.25) is 0 Å². The number of nitrogens with two attached hydrogens (primary N) is 1. The number of hydrogen-bond acceptors (Lipinski definition) is 4. The molecule has 1 aromatic rings. The van der Waals surface area contributed by atoms with Crippen LogP contribution in [0.2, 0.25) is 0 Å². The Morgan fingerprint density at radius 2 is 2.14 bits per heavy atom. The second-order valence-corrected chi connectivity index (χ2v) is 7.71. The van der Waals surface area contributed by atoms with E-state index in [1.807, 2.05) is 7.11 Å². The highest BCUT2D eigenvalue weighted by Gasteiger charge is 2.61. The Hall–Kier alpha value is -1.07. The Labute approximate surface area is 139 Å². The molecule has 0 saturated heterocycles. The zero-order valence-corrected chi connectivity index (χ0v) is 14.4. The lowest BCUT2D eigenvalue weighted by atomic mass is 9.62. The molecule has 1 fully saturated rings. The van der Waals surface area contributed by atoms with Gasteiger partial charge < -0.3 is 15.2 Å². The summed E-state index contributed by atoms with van der Waals surface area (Å²) in [6.07, 6.45) is 5.83. The van der Waals surface area contributed by atoms with Crippen molar-refractivity contribution in [3.63, 3.8) is 0 Å². The van der Waals surface area contributed by atoms with Crippen LogP contribution in [0.5, 0.6) is 0 Å². The van der Waals surface area contributed by atoms with Gasteiger partial charge in [0.1, 0.15) is 12.1 Å². The van der Waals surface area contributed by atoms with Crippen LogP contribution in [0, 0.1) is 5.41 Å². The normalized spacial score (nSPS) is 36.5. The van der Waals surface area contributed by atoms with Crippen molar-refractivity contribution >= 4 is 22.0 Å². The van der Waals surface area contributed by atoms with E-state index in [0.717, 1.165) is 36.6 Å². The number of amidine groups is 1. The molecule has 0 aromatic heterocycles. The van der Waals surface area contributed by atoms with Crippen LogP contribution < -0.4 is 5.73 Å². The van der Waals surface area contributed by atoms with E-state index < -0.39 is 0 Å². The van der Waals surface area contributed by atoms with Crippen LogP contribution in [-0.4, -0.2) is 25.8 Å². The van der Waals surface area contributed by atoms with Crippen molar-refractivity contribution in [1.29, 1.82) is 0 Å². The van der Waals surface area contributed by atoms with Gasteiger partial charge in [-0.2, -0.15) is 0 Å². The summed E-state index contributed by atoms with van der Waals surface area (Å²) < 4.78 is 12.3. The van der Waals surface area contributed by atoms with Crippen molar-refractivity contribution in [2.24, 2.45) is 16.1 Å². The van der Waals surface area contributed by atoms with Gasteiger partial charge in [-0.05, 0) is 55.4 Å². The fourth-order valence-electron chi connectivity index (χ4n) is 4.69. The fraction of sp³-hybridized carbons (Fsp3) is 0.588. The number of rotatable bonds is 1. The summed E-state index contributed by atoms with van der Waals surface area (Å²) in [7, 11) is 1.81. The topological polar surface area (TPSA) is 56.8 Å². The van der Waals surface area contributed by atoms with Gasteiger partial charge in [-0.1, -0.05) is 22.0 Å². The van der Waals surface area contributed by atoms with Crippen molar-refractivity contribution in [3.8, 4) is 0 Å². The van der Waals surface area contributed by atoms with Crippen LogP contribution in [0.15, 0.2) is 27.7 Å². The first-order chi connectivity index (χ1) is 10.6. The minimum absolute atomic E-state index is 0.117.